The molecule has 0 fully saturated rings. The number of nitrogens with zero attached hydrogens (tertiary/aromatic N) is 1. The molecule has 0 atom stereocenters. The Morgan fingerprint density at radius 2 is 1.74 bits per heavy atom. The van der Waals surface area contributed by atoms with Gasteiger partial charge in [0, 0.05) is 36.5 Å². The summed E-state index contributed by atoms with van der Waals surface area (Å²) in [5, 5.41) is 17.1. The van der Waals surface area contributed by atoms with Crippen LogP contribution in [0.25, 0.3) is 11.3 Å². The van der Waals surface area contributed by atoms with Gasteiger partial charge in [-0.25, -0.2) is 4.79 Å². The number of nitro benzene ring substituents is 1. The third-order valence-corrected chi connectivity index (χ3v) is 4.35. The molecular weight excluding hydrogens is 422 g/mol. The number of halogens is 1. The summed E-state index contributed by atoms with van der Waals surface area (Å²) in [7, 11) is 0. The maximum absolute atomic E-state index is 11.7. The third-order valence-electron chi connectivity index (χ3n) is 4.35. The molecule has 0 aliphatic carbocycles. The lowest BCUT2D eigenvalue weighted by Crippen LogP contribution is -2.21. The van der Waals surface area contributed by atoms with E-state index in [0.717, 1.165) is 22.8 Å². The Bertz CT molecular complexity index is 987. The fourth-order valence-electron chi connectivity index (χ4n) is 2.82. The van der Waals surface area contributed by atoms with Gasteiger partial charge in [0.05, 0.1) is 23.6 Å². The minimum absolute atomic E-state index is 0. The number of nitrogens with one attached hydrogen (secondary N) is 2. The van der Waals surface area contributed by atoms with E-state index in [1.807, 2.05) is 24.3 Å². The van der Waals surface area contributed by atoms with E-state index in [1.54, 1.807) is 31.2 Å². The number of hydrogen-bond donors (Lipinski definition) is 2. The maximum atomic E-state index is 11.7. The van der Waals surface area contributed by atoms with E-state index >= 15 is 0 Å². The van der Waals surface area contributed by atoms with Gasteiger partial charge >= 0.3 is 5.97 Å². The van der Waals surface area contributed by atoms with Gasteiger partial charge in [-0.3, -0.25) is 10.1 Å². The van der Waals surface area contributed by atoms with Crippen LogP contribution in [-0.2, 0) is 11.3 Å². The molecule has 0 unspecified atom stereocenters. The largest absolute Gasteiger partial charge is 0.462 e. The Balaban J connectivity index is 0.00000341. The van der Waals surface area contributed by atoms with Crippen LogP contribution >= 0.6 is 12.4 Å². The van der Waals surface area contributed by atoms with Crippen molar-refractivity contribution in [3.8, 4) is 11.3 Å². The molecule has 0 amide bonds. The van der Waals surface area contributed by atoms with Crippen molar-refractivity contribution in [3.63, 3.8) is 0 Å². The van der Waals surface area contributed by atoms with E-state index in [1.165, 1.54) is 12.1 Å². The van der Waals surface area contributed by atoms with Crippen molar-refractivity contribution < 1.29 is 18.9 Å². The van der Waals surface area contributed by atoms with Crippen molar-refractivity contribution in [2.75, 3.05) is 25.0 Å². The number of ether oxygens (including phenoxy) is 1. The van der Waals surface area contributed by atoms with E-state index < -0.39 is 4.92 Å². The fraction of sp³-hybridized carbons (Fsp3) is 0.227. The number of carbonyl (C=O) groups excluding carboxylic acids is 1. The molecule has 164 valence electrons. The number of hydrogen-bond acceptors (Lipinski definition) is 7. The quantitative estimate of drug-likeness (QED) is 0.202. The SMILES string of the molecule is CCOC(=O)c1ccc(-c2ccc(CNCCNc3ccc([N+](=O)[O-])cc3)o2)cc1.Cl. The Hall–Kier alpha value is -3.36. The van der Waals surface area contributed by atoms with Crippen LogP contribution in [0.2, 0.25) is 0 Å². The first-order chi connectivity index (χ1) is 14.6. The van der Waals surface area contributed by atoms with Gasteiger partial charge in [0.25, 0.3) is 5.69 Å². The topological polar surface area (TPSA) is 107 Å². The molecule has 0 saturated heterocycles. The Kier molecular flexibility index (Phi) is 9.05. The second-order valence-corrected chi connectivity index (χ2v) is 6.47. The van der Waals surface area contributed by atoms with Crippen molar-refractivity contribution in [2.24, 2.45) is 0 Å². The molecule has 8 nitrogen and oxygen atoms in total. The summed E-state index contributed by atoms with van der Waals surface area (Å²) in [4.78, 5) is 21.9. The van der Waals surface area contributed by atoms with E-state index in [0.29, 0.717) is 31.8 Å². The van der Waals surface area contributed by atoms with Crippen LogP contribution in [0, 0.1) is 10.1 Å². The number of benzene rings is 2. The number of carbonyl (C=O) groups is 1. The molecule has 31 heavy (non-hydrogen) atoms. The third kappa shape index (κ3) is 6.84. The second kappa shape index (κ2) is 11.7. The van der Waals surface area contributed by atoms with Gasteiger partial charge in [0.15, 0.2) is 0 Å². The molecule has 2 N–H and O–H groups in total. The zero-order valence-corrected chi connectivity index (χ0v) is 17.8. The summed E-state index contributed by atoms with van der Waals surface area (Å²) in [6, 6.07) is 17.2. The molecule has 1 heterocycles. The van der Waals surface area contributed by atoms with E-state index in [-0.39, 0.29) is 24.1 Å². The highest BCUT2D eigenvalue weighted by molar-refractivity contribution is 5.89. The lowest BCUT2D eigenvalue weighted by molar-refractivity contribution is -0.384. The Morgan fingerprint density at radius 3 is 2.39 bits per heavy atom. The zero-order chi connectivity index (χ0) is 21.3. The summed E-state index contributed by atoms with van der Waals surface area (Å²) in [6.45, 7) is 4.06. The minimum atomic E-state index is -0.419. The Labute approximate surface area is 186 Å². The highest BCUT2D eigenvalue weighted by Crippen LogP contribution is 2.23. The lowest BCUT2D eigenvalue weighted by Gasteiger charge is -2.07. The van der Waals surface area contributed by atoms with Crippen LogP contribution in [0.15, 0.2) is 65.1 Å². The summed E-state index contributed by atoms with van der Waals surface area (Å²) >= 11 is 0. The average molecular weight is 446 g/mol. The predicted molar refractivity (Wildman–Crippen MR) is 121 cm³/mol. The minimum Gasteiger partial charge on any atom is -0.462 e. The van der Waals surface area contributed by atoms with Crippen molar-refractivity contribution in [2.45, 2.75) is 13.5 Å². The first kappa shape index (κ1) is 23.9. The number of anilines is 1. The van der Waals surface area contributed by atoms with Gasteiger partial charge < -0.3 is 19.8 Å². The average Bonchev–Trinajstić information content (AvgIpc) is 3.23. The highest BCUT2D eigenvalue weighted by Gasteiger charge is 2.09. The molecule has 0 bridgehead atoms. The van der Waals surface area contributed by atoms with Crippen LogP contribution in [0.1, 0.15) is 23.0 Å². The summed E-state index contributed by atoms with van der Waals surface area (Å²) < 4.78 is 10.8. The summed E-state index contributed by atoms with van der Waals surface area (Å²) in [5.74, 6) is 1.19. The lowest BCUT2D eigenvalue weighted by atomic mass is 10.1. The monoisotopic (exact) mass is 445 g/mol. The van der Waals surface area contributed by atoms with Gasteiger partial charge in [-0.2, -0.15) is 0 Å². The van der Waals surface area contributed by atoms with E-state index in [4.69, 9.17) is 9.15 Å². The molecule has 0 radical (unpaired) electrons. The van der Waals surface area contributed by atoms with Crippen molar-refractivity contribution in [3.05, 3.63) is 82.1 Å². The van der Waals surface area contributed by atoms with Crippen LogP contribution in [0.3, 0.4) is 0 Å². The highest BCUT2D eigenvalue weighted by atomic mass is 35.5. The molecule has 0 saturated carbocycles. The molecule has 3 rings (SSSR count). The number of nitro groups is 1. The second-order valence-electron chi connectivity index (χ2n) is 6.47. The molecule has 0 aliphatic heterocycles. The van der Waals surface area contributed by atoms with Crippen LogP contribution in [0.5, 0.6) is 0 Å². The maximum Gasteiger partial charge on any atom is 0.338 e. The molecule has 1 aromatic heterocycles. The predicted octanol–water partition coefficient (Wildman–Crippen LogP) is 4.66. The number of non-ortho nitro benzene ring substituents is 1. The first-order valence-corrected chi connectivity index (χ1v) is 9.62. The standard InChI is InChI=1S/C22H23N3O5.ClH/c1-2-29-22(26)17-5-3-16(4-6-17)21-12-11-20(30-21)15-23-13-14-24-18-7-9-19(10-8-18)25(27)28;/h3-12,23-24H,2,13-15H2,1H3;1H. The van der Waals surface area contributed by atoms with Crippen molar-refractivity contribution in [1.82, 2.24) is 5.32 Å². The molecule has 0 spiro atoms. The van der Waals surface area contributed by atoms with E-state index in [9.17, 15) is 14.9 Å². The number of rotatable bonds is 10. The molecule has 3 aromatic rings. The Morgan fingerprint density at radius 1 is 1.03 bits per heavy atom. The van der Waals surface area contributed by atoms with Gasteiger partial charge in [0.1, 0.15) is 11.5 Å². The molecule has 9 heteroatoms. The van der Waals surface area contributed by atoms with Crippen molar-refractivity contribution in [1.29, 1.82) is 0 Å². The van der Waals surface area contributed by atoms with Gasteiger partial charge in [-0.1, -0.05) is 12.1 Å². The number of esters is 1. The zero-order valence-electron chi connectivity index (χ0n) is 17.0. The van der Waals surface area contributed by atoms with E-state index in [2.05, 4.69) is 10.6 Å². The van der Waals surface area contributed by atoms with Crippen molar-refractivity contribution >= 4 is 29.8 Å². The molecule has 0 aliphatic rings. The smallest absolute Gasteiger partial charge is 0.338 e. The van der Waals surface area contributed by atoms with Crippen LogP contribution in [-0.4, -0.2) is 30.6 Å². The molecule has 2 aromatic carbocycles. The fourth-order valence-corrected chi connectivity index (χ4v) is 2.82. The summed E-state index contributed by atoms with van der Waals surface area (Å²) in [6.07, 6.45) is 0. The number of furan rings is 1. The first-order valence-electron chi connectivity index (χ1n) is 9.62. The normalized spacial score (nSPS) is 10.2. The van der Waals surface area contributed by atoms with Crippen LogP contribution in [0.4, 0.5) is 11.4 Å². The van der Waals surface area contributed by atoms with Crippen LogP contribution < -0.4 is 10.6 Å². The summed E-state index contributed by atoms with van der Waals surface area (Å²) in [5.41, 5.74) is 2.29. The molecular formula is C22H24ClN3O5. The van der Waals surface area contributed by atoms with Gasteiger partial charge in [0.2, 0.25) is 0 Å². The van der Waals surface area contributed by atoms with Gasteiger partial charge in [-0.15, -0.1) is 12.4 Å². The van der Waals surface area contributed by atoms with Gasteiger partial charge in [-0.05, 0) is 43.3 Å².